The molecule has 2 heterocycles. The van der Waals surface area contributed by atoms with Gasteiger partial charge in [-0.25, -0.2) is 0 Å². The molecular formula is C18H12N4O4S. The minimum atomic E-state index is -0.473. The zero-order valence-electron chi connectivity index (χ0n) is 14.0. The zero-order valence-corrected chi connectivity index (χ0v) is 14.8. The molecule has 0 fully saturated rings. The Labute approximate surface area is 156 Å². The fraction of sp³-hybridized carbons (Fsp3) is 0.0556. The van der Waals surface area contributed by atoms with Gasteiger partial charge in [-0.05, 0) is 35.9 Å². The lowest BCUT2D eigenvalue weighted by Crippen LogP contribution is -2.23. The third-order valence-corrected chi connectivity index (χ3v) is 4.87. The number of nitro groups is 1. The van der Waals surface area contributed by atoms with Crippen molar-refractivity contribution in [1.82, 2.24) is 14.6 Å². The lowest BCUT2D eigenvalue weighted by atomic mass is 10.2. The van der Waals surface area contributed by atoms with Crippen molar-refractivity contribution in [2.24, 2.45) is 0 Å². The van der Waals surface area contributed by atoms with Crippen LogP contribution in [0.5, 0.6) is 5.75 Å². The number of non-ortho nitro benzene ring substituents is 1. The Hall–Kier alpha value is -3.59. The van der Waals surface area contributed by atoms with Crippen LogP contribution in [0.4, 0.5) is 5.69 Å². The fourth-order valence-electron chi connectivity index (χ4n) is 2.58. The highest BCUT2D eigenvalue weighted by molar-refractivity contribution is 7.15. The highest BCUT2D eigenvalue weighted by atomic mass is 32.1. The molecule has 0 amide bonds. The van der Waals surface area contributed by atoms with Crippen molar-refractivity contribution in [3.8, 4) is 17.1 Å². The van der Waals surface area contributed by atoms with Gasteiger partial charge in [0.2, 0.25) is 4.96 Å². The Morgan fingerprint density at radius 2 is 2.00 bits per heavy atom. The Morgan fingerprint density at radius 3 is 2.67 bits per heavy atom. The average molecular weight is 380 g/mol. The zero-order chi connectivity index (χ0) is 19.0. The van der Waals surface area contributed by atoms with Crippen molar-refractivity contribution in [2.45, 2.75) is 0 Å². The lowest BCUT2D eigenvalue weighted by Gasteiger charge is -1.99. The van der Waals surface area contributed by atoms with E-state index in [0.717, 1.165) is 11.3 Å². The second kappa shape index (κ2) is 6.61. The van der Waals surface area contributed by atoms with Crippen LogP contribution in [0.2, 0.25) is 0 Å². The van der Waals surface area contributed by atoms with E-state index >= 15 is 0 Å². The number of nitro benzene ring substituents is 1. The number of hydrogen-bond donors (Lipinski definition) is 0. The Balaban J connectivity index is 1.75. The van der Waals surface area contributed by atoms with Gasteiger partial charge in [0.05, 0.1) is 16.6 Å². The molecule has 134 valence electrons. The molecule has 0 spiro atoms. The summed E-state index contributed by atoms with van der Waals surface area (Å²) >= 11 is 1.18. The average Bonchev–Trinajstić information content (AvgIpc) is 3.22. The molecule has 0 aliphatic heterocycles. The van der Waals surface area contributed by atoms with Gasteiger partial charge in [-0.3, -0.25) is 14.9 Å². The molecule has 2 aromatic heterocycles. The third kappa shape index (κ3) is 3.15. The van der Waals surface area contributed by atoms with E-state index in [9.17, 15) is 14.9 Å². The van der Waals surface area contributed by atoms with Crippen LogP contribution in [0.3, 0.4) is 0 Å². The highest BCUT2D eigenvalue weighted by Gasteiger charge is 2.12. The van der Waals surface area contributed by atoms with Gasteiger partial charge in [0, 0.05) is 17.7 Å². The van der Waals surface area contributed by atoms with Gasteiger partial charge in [-0.2, -0.15) is 9.50 Å². The smallest absolute Gasteiger partial charge is 0.291 e. The third-order valence-electron chi connectivity index (χ3n) is 3.91. The van der Waals surface area contributed by atoms with Crippen LogP contribution in [0, 0.1) is 10.1 Å². The molecule has 0 N–H and O–H groups in total. The lowest BCUT2D eigenvalue weighted by molar-refractivity contribution is -0.384. The predicted octanol–water partition coefficient (Wildman–Crippen LogP) is 2.28. The normalized spacial score (nSPS) is 11.8. The molecule has 0 atom stereocenters. The predicted molar refractivity (Wildman–Crippen MR) is 101 cm³/mol. The Morgan fingerprint density at radius 1 is 1.22 bits per heavy atom. The van der Waals surface area contributed by atoms with E-state index in [2.05, 4.69) is 10.1 Å². The molecule has 9 heteroatoms. The van der Waals surface area contributed by atoms with Gasteiger partial charge in [-0.15, -0.1) is 5.10 Å². The SMILES string of the molecule is COc1ccc(-c2nc3sc(=Cc4cccc([N+](=O)[O-])c4)c(=O)n3n2)cc1. The van der Waals surface area contributed by atoms with Crippen molar-refractivity contribution in [3.63, 3.8) is 0 Å². The van der Waals surface area contributed by atoms with Gasteiger partial charge in [0.15, 0.2) is 5.82 Å². The van der Waals surface area contributed by atoms with Gasteiger partial charge >= 0.3 is 0 Å². The summed E-state index contributed by atoms with van der Waals surface area (Å²) in [7, 11) is 1.59. The Kier molecular flexibility index (Phi) is 4.13. The second-order valence-electron chi connectivity index (χ2n) is 5.63. The topological polar surface area (TPSA) is 99.6 Å². The van der Waals surface area contributed by atoms with E-state index in [1.165, 1.54) is 28.0 Å². The number of thiazole rings is 1. The monoisotopic (exact) mass is 380 g/mol. The molecule has 0 saturated carbocycles. The number of aromatic nitrogens is 3. The molecule has 27 heavy (non-hydrogen) atoms. The molecule has 0 aliphatic rings. The number of nitrogens with zero attached hydrogens (tertiary/aromatic N) is 4. The van der Waals surface area contributed by atoms with Crippen molar-refractivity contribution >= 4 is 28.1 Å². The van der Waals surface area contributed by atoms with Crippen LogP contribution in [-0.4, -0.2) is 26.6 Å². The van der Waals surface area contributed by atoms with Crippen LogP contribution in [0.15, 0.2) is 53.3 Å². The second-order valence-corrected chi connectivity index (χ2v) is 6.64. The minimum Gasteiger partial charge on any atom is -0.497 e. The molecule has 4 rings (SSSR count). The molecular weight excluding hydrogens is 368 g/mol. The summed E-state index contributed by atoms with van der Waals surface area (Å²) in [5.74, 6) is 1.17. The van der Waals surface area contributed by atoms with E-state index in [1.54, 1.807) is 37.5 Å². The number of hydrogen-bond acceptors (Lipinski definition) is 7. The Bertz CT molecular complexity index is 1260. The van der Waals surface area contributed by atoms with Crippen LogP contribution < -0.4 is 14.8 Å². The summed E-state index contributed by atoms with van der Waals surface area (Å²) in [6.45, 7) is 0. The van der Waals surface area contributed by atoms with E-state index in [4.69, 9.17) is 4.74 Å². The molecule has 0 radical (unpaired) electrons. The quantitative estimate of drug-likeness (QED) is 0.398. The maximum atomic E-state index is 12.6. The number of rotatable bonds is 4. The molecule has 2 aromatic carbocycles. The number of methoxy groups -OCH3 is 1. The molecule has 8 nitrogen and oxygen atoms in total. The standard InChI is InChI=1S/C18H12N4O4S/c1-26-14-7-5-12(6-8-14)16-19-18-21(20-16)17(23)15(27-18)10-11-3-2-4-13(9-11)22(24)25/h2-10H,1H3. The van der Waals surface area contributed by atoms with Crippen LogP contribution in [0.1, 0.15) is 5.56 Å². The largest absolute Gasteiger partial charge is 0.497 e. The summed E-state index contributed by atoms with van der Waals surface area (Å²) in [6, 6.07) is 13.3. The van der Waals surface area contributed by atoms with Gasteiger partial charge < -0.3 is 4.74 Å². The van der Waals surface area contributed by atoms with E-state index in [1.807, 2.05) is 12.1 Å². The first-order valence-corrected chi connectivity index (χ1v) is 8.67. The van der Waals surface area contributed by atoms with Crippen molar-refractivity contribution < 1.29 is 9.66 Å². The van der Waals surface area contributed by atoms with Crippen LogP contribution in [0.25, 0.3) is 22.4 Å². The fourth-order valence-corrected chi connectivity index (χ4v) is 3.48. The van der Waals surface area contributed by atoms with E-state index in [-0.39, 0.29) is 11.2 Å². The number of benzene rings is 2. The maximum Gasteiger partial charge on any atom is 0.291 e. The van der Waals surface area contributed by atoms with Crippen molar-refractivity contribution in [2.75, 3.05) is 7.11 Å². The molecule has 4 aromatic rings. The van der Waals surface area contributed by atoms with E-state index < -0.39 is 4.92 Å². The van der Waals surface area contributed by atoms with Gasteiger partial charge in [-0.1, -0.05) is 23.5 Å². The number of fused-ring (bicyclic) bond motifs is 1. The molecule has 0 bridgehead atoms. The summed E-state index contributed by atoms with van der Waals surface area (Å²) in [5, 5.41) is 15.2. The summed E-state index contributed by atoms with van der Waals surface area (Å²) in [6.07, 6.45) is 1.60. The first-order valence-electron chi connectivity index (χ1n) is 7.85. The number of ether oxygens (including phenoxy) is 1. The summed E-state index contributed by atoms with van der Waals surface area (Å²) in [4.78, 5) is 27.9. The first-order chi connectivity index (χ1) is 13.0. The first kappa shape index (κ1) is 16.9. The van der Waals surface area contributed by atoms with Crippen molar-refractivity contribution in [3.05, 3.63) is 79.1 Å². The molecule has 0 unspecified atom stereocenters. The van der Waals surface area contributed by atoms with Crippen LogP contribution in [-0.2, 0) is 0 Å². The van der Waals surface area contributed by atoms with Gasteiger partial charge in [0.25, 0.3) is 11.2 Å². The molecule has 0 aliphatic carbocycles. The van der Waals surface area contributed by atoms with Gasteiger partial charge in [0.1, 0.15) is 5.75 Å². The van der Waals surface area contributed by atoms with E-state index in [0.29, 0.717) is 20.9 Å². The van der Waals surface area contributed by atoms with Crippen LogP contribution >= 0.6 is 11.3 Å². The summed E-state index contributed by atoms with van der Waals surface area (Å²) < 4.78 is 6.78. The minimum absolute atomic E-state index is 0.0301. The van der Waals surface area contributed by atoms with Crippen molar-refractivity contribution in [1.29, 1.82) is 0 Å². The maximum absolute atomic E-state index is 12.6. The molecule has 0 saturated heterocycles. The highest BCUT2D eigenvalue weighted by Crippen LogP contribution is 2.20. The summed E-state index contributed by atoms with van der Waals surface area (Å²) in [5.41, 5.74) is 1.00.